The fourth-order valence-corrected chi connectivity index (χ4v) is 1.69. The molecule has 0 spiro atoms. The predicted molar refractivity (Wildman–Crippen MR) is 58.0 cm³/mol. The summed E-state index contributed by atoms with van der Waals surface area (Å²) in [6.45, 7) is 9.18. The topological polar surface area (TPSA) is 26.3 Å². The van der Waals surface area contributed by atoms with E-state index in [4.69, 9.17) is 4.74 Å². The lowest BCUT2D eigenvalue weighted by Crippen LogP contribution is -2.33. The smallest absolute Gasteiger partial charge is 0.333 e. The van der Waals surface area contributed by atoms with Crippen molar-refractivity contribution < 1.29 is 9.53 Å². The minimum absolute atomic E-state index is 0.293. The van der Waals surface area contributed by atoms with Crippen molar-refractivity contribution in [2.24, 2.45) is 0 Å². The van der Waals surface area contributed by atoms with Crippen molar-refractivity contribution in [3.63, 3.8) is 0 Å². The van der Waals surface area contributed by atoms with Crippen LogP contribution < -0.4 is 0 Å². The Hall–Kier alpha value is -0.440. The lowest BCUT2D eigenvalue weighted by atomic mass is 10.1. The molecule has 0 N–H and O–H groups in total. The van der Waals surface area contributed by atoms with Gasteiger partial charge in [-0.15, -0.1) is 0 Å². The highest BCUT2D eigenvalue weighted by Gasteiger charge is 2.26. The molecule has 0 fully saturated rings. The minimum atomic E-state index is -0.352. The molecule has 0 heterocycles. The first-order chi connectivity index (χ1) is 5.95. The van der Waals surface area contributed by atoms with Gasteiger partial charge in [0.25, 0.3) is 0 Å². The van der Waals surface area contributed by atoms with E-state index in [0.29, 0.717) is 5.57 Å². The average Bonchev–Trinajstić information content (AvgIpc) is 2.04. The molecule has 0 saturated carbocycles. The first kappa shape index (κ1) is 12.6. The summed E-state index contributed by atoms with van der Waals surface area (Å²) in [5.74, 6) is 0.529. The van der Waals surface area contributed by atoms with Gasteiger partial charge in [-0.2, -0.15) is 11.8 Å². The van der Waals surface area contributed by atoms with E-state index in [2.05, 4.69) is 6.58 Å². The van der Waals surface area contributed by atoms with Crippen molar-refractivity contribution in [2.45, 2.75) is 32.8 Å². The second kappa shape index (κ2) is 5.32. The molecule has 0 saturated heterocycles. The van der Waals surface area contributed by atoms with Gasteiger partial charge in [-0.05, 0) is 26.5 Å². The maximum absolute atomic E-state index is 11.3. The van der Waals surface area contributed by atoms with Crippen LogP contribution in [0.3, 0.4) is 0 Å². The molecule has 0 aromatic carbocycles. The van der Waals surface area contributed by atoms with Crippen LogP contribution in [0.4, 0.5) is 0 Å². The lowest BCUT2D eigenvalue weighted by Gasteiger charge is -2.27. The quantitative estimate of drug-likeness (QED) is 0.506. The zero-order chi connectivity index (χ0) is 10.5. The van der Waals surface area contributed by atoms with Crippen LogP contribution in [0.1, 0.15) is 27.2 Å². The van der Waals surface area contributed by atoms with Gasteiger partial charge in [-0.25, -0.2) is 4.79 Å². The van der Waals surface area contributed by atoms with Crippen LogP contribution in [-0.2, 0) is 9.53 Å². The van der Waals surface area contributed by atoms with Gasteiger partial charge in [0.1, 0.15) is 5.60 Å². The molecule has 2 nitrogen and oxygen atoms in total. The SMILES string of the molecule is C=C(C)C(=O)OC(C)(CC)CSC. The highest BCUT2D eigenvalue weighted by atomic mass is 32.2. The predicted octanol–water partition coefficient (Wildman–Crippen LogP) is 2.64. The Balaban J connectivity index is 4.26. The van der Waals surface area contributed by atoms with Crippen molar-refractivity contribution >= 4 is 17.7 Å². The summed E-state index contributed by atoms with van der Waals surface area (Å²) in [6.07, 6.45) is 2.83. The van der Waals surface area contributed by atoms with Crippen molar-refractivity contribution in [1.29, 1.82) is 0 Å². The summed E-state index contributed by atoms with van der Waals surface area (Å²) in [4.78, 5) is 11.3. The van der Waals surface area contributed by atoms with Gasteiger partial charge in [-0.1, -0.05) is 13.5 Å². The van der Waals surface area contributed by atoms with Crippen molar-refractivity contribution in [2.75, 3.05) is 12.0 Å². The molecule has 0 aromatic heterocycles. The summed E-state index contributed by atoms with van der Waals surface area (Å²) >= 11 is 1.68. The molecule has 0 rings (SSSR count). The van der Waals surface area contributed by atoms with Crippen molar-refractivity contribution in [3.05, 3.63) is 12.2 Å². The fourth-order valence-electron chi connectivity index (χ4n) is 0.820. The molecule has 1 atom stereocenters. The van der Waals surface area contributed by atoms with Gasteiger partial charge in [0.2, 0.25) is 0 Å². The van der Waals surface area contributed by atoms with E-state index in [1.54, 1.807) is 18.7 Å². The highest BCUT2D eigenvalue weighted by Crippen LogP contribution is 2.21. The van der Waals surface area contributed by atoms with Crippen LogP contribution >= 0.6 is 11.8 Å². The summed E-state index contributed by atoms with van der Waals surface area (Å²) in [5, 5.41) is 0. The molecule has 0 bridgehead atoms. The Kier molecular flexibility index (Phi) is 5.14. The molecule has 0 aliphatic carbocycles. The average molecular weight is 202 g/mol. The highest BCUT2D eigenvalue weighted by molar-refractivity contribution is 7.98. The third kappa shape index (κ3) is 4.36. The van der Waals surface area contributed by atoms with Gasteiger partial charge in [0.15, 0.2) is 0 Å². The molecular weight excluding hydrogens is 184 g/mol. The Morgan fingerprint density at radius 3 is 2.46 bits per heavy atom. The molecule has 76 valence electrons. The van der Waals surface area contributed by atoms with Gasteiger partial charge in [0, 0.05) is 11.3 Å². The Bertz CT molecular complexity index is 201. The van der Waals surface area contributed by atoms with E-state index in [1.165, 1.54) is 0 Å². The monoisotopic (exact) mass is 202 g/mol. The van der Waals surface area contributed by atoms with Crippen LogP contribution in [0.25, 0.3) is 0 Å². The number of esters is 1. The fraction of sp³-hybridized carbons (Fsp3) is 0.700. The van der Waals surface area contributed by atoms with Crippen molar-refractivity contribution in [1.82, 2.24) is 0 Å². The molecule has 0 amide bonds. The van der Waals surface area contributed by atoms with Crippen LogP contribution in [0.15, 0.2) is 12.2 Å². The Morgan fingerprint density at radius 2 is 2.15 bits per heavy atom. The molecule has 1 unspecified atom stereocenters. The number of carbonyl (C=O) groups is 1. The molecular formula is C10H18O2S. The number of carbonyl (C=O) groups excluding carboxylic acids is 1. The van der Waals surface area contributed by atoms with E-state index in [0.717, 1.165) is 12.2 Å². The summed E-state index contributed by atoms with van der Waals surface area (Å²) < 4.78 is 5.33. The standard InChI is InChI=1S/C10H18O2S/c1-6-10(4,7-13-5)12-9(11)8(2)3/h2,6-7H2,1,3-5H3. The van der Waals surface area contributed by atoms with E-state index < -0.39 is 0 Å². The first-order valence-corrected chi connectivity index (χ1v) is 5.72. The second-order valence-electron chi connectivity index (χ2n) is 3.41. The normalized spacial score (nSPS) is 14.8. The van der Waals surface area contributed by atoms with E-state index in [9.17, 15) is 4.79 Å². The number of thioether (sulfide) groups is 1. The van der Waals surface area contributed by atoms with Crippen LogP contribution in [0, 0.1) is 0 Å². The largest absolute Gasteiger partial charge is 0.455 e. The lowest BCUT2D eigenvalue weighted by molar-refractivity contribution is -0.151. The maximum atomic E-state index is 11.3. The van der Waals surface area contributed by atoms with Gasteiger partial charge in [-0.3, -0.25) is 0 Å². The third-order valence-electron chi connectivity index (χ3n) is 1.89. The van der Waals surface area contributed by atoms with Crippen LogP contribution in [0.5, 0.6) is 0 Å². The van der Waals surface area contributed by atoms with Gasteiger partial charge < -0.3 is 4.74 Å². The van der Waals surface area contributed by atoms with Crippen LogP contribution in [-0.4, -0.2) is 23.6 Å². The zero-order valence-corrected chi connectivity index (χ0v) is 9.66. The van der Waals surface area contributed by atoms with Gasteiger partial charge >= 0.3 is 5.97 Å². The summed E-state index contributed by atoms with van der Waals surface area (Å²) in [6, 6.07) is 0. The Labute approximate surface area is 84.7 Å². The molecule has 0 aliphatic heterocycles. The first-order valence-electron chi connectivity index (χ1n) is 4.33. The van der Waals surface area contributed by atoms with E-state index in [1.807, 2.05) is 20.1 Å². The maximum Gasteiger partial charge on any atom is 0.333 e. The number of rotatable bonds is 5. The molecule has 3 heteroatoms. The Morgan fingerprint density at radius 1 is 1.62 bits per heavy atom. The molecule has 13 heavy (non-hydrogen) atoms. The molecule has 0 aliphatic rings. The number of ether oxygens (including phenoxy) is 1. The van der Waals surface area contributed by atoms with Crippen molar-refractivity contribution in [3.8, 4) is 0 Å². The number of hydrogen-bond donors (Lipinski definition) is 0. The van der Waals surface area contributed by atoms with E-state index in [-0.39, 0.29) is 11.6 Å². The van der Waals surface area contributed by atoms with Gasteiger partial charge in [0.05, 0.1) is 0 Å². The third-order valence-corrected chi connectivity index (χ3v) is 2.78. The minimum Gasteiger partial charge on any atom is -0.455 e. The van der Waals surface area contributed by atoms with E-state index >= 15 is 0 Å². The number of hydrogen-bond acceptors (Lipinski definition) is 3. The summed E-state index contributed by atoms with van der Waals surface area (Å²) in [5.41, 5.74) is 0.107. The zero-order valence-electron chi connectivity index (χ0n) is 8.85. The second-order valence-corrected chi connectivity index (χ2v) is 4.27. The molecule has 0 radical (unpaired) electrons. The summed E-state index contributed by atoms with van der Waals surface area (Å²) in [7, 11) is 0. The molecule has 0 aromatic rings. The van der Waals surface area contributed by atoms with Crippen LogP contribution in [0.2, 0.25) is 0 Å².